The second-order valence-corrected chi connectivity index (χ2v) is 5.54. The number of rotatable bonds is 3. The third kappa shape index (κ3) is 3.46. The van der Waals surface area contributed by atoms with Crippen molar-refractivity contribution < 1.29 is 9.59 Å². The van der Waals surface area contributed by atoms with Crippen LogP contribution in [0.4, 0.5) is 0 Å². The Labute approximate surface area is 127 Å². The summed E-state index contributed by atoms with van der Waals surface area (Å²) in [5.74, 6) is -0.437. The van der Waals surface area contributed by atoms with E-state index in [1.807, 2.05) is 19.1 Å². The summed E-state index contributed by atoms with van der Waals surface area (Å²) in [5, 5.41) is 4.40. The highest BCUT2D eigenvalue weighted by atomic mass is 32.1. The van der Waals surface area contributed by atoms with Gasteiger partial charge in [0, 0.05) is 24.2 Å². The summed E-state index contributed by atoms with van der Waals surface area (Å²) in [4.78, 5) is 28.5. The third-order valence-electron chi connectivity index (χ3n) is 3.15. The molecule has 6 heteroatoms. The van der Waals surface area contributed by atoms with Crippen LogP contribution in [0.15, 0.2) is 40.8 Å². The summed E-state index contributed by atoms with van der Waals surface area (Å²) in [6, 6.07) is 6.84. The van der Waals surface area contributed by atoms with Crippen LogP contribution in [-0.4, -0.2) is 23.4 Å². The van der Waals surface area contributed by atoms with Gasteiger partial charge in [-0.1, -0.05) is 17.7 Å². The molecule has 0 fully saturated rings. The smallest absolute Gasteiger partial charge is 0.279 e. The summed E-state index contributed by atoms with van der Waals surface area (Å²) in [6.07, 6.45) is 1.76. The Morgan fingerprint density at radius 3 is 2.57 bits per heavy atom. The van der Waals surface area contributed by atoms with Gasteiger partial charge in [-0.25, -0.2) is 0 Å². The van der Waals surface area contributed by atoms with Crippen molar-refractivity contribution in [3.05, 3.63) is 51.8 Å². The number of aryl methyl sites for hydroxylation is 1. The van der Waals surface area contributed by atoms with Gasteiger partial charge in [-0.2, -0.15) is 4.99 Å². The standard InChI is InChI=1S/C15H17N3O2S/c1-10-4-6-12(7-5-10)14(20)17-15-18(8-9-21-15)11(2)13(19)16-3/h4-9,11H,1-3H3,(H,16,19). The Morgan fingerprint density at radius 1 is 1.29 bits per heavy atom. The highest BCUT2D eigenvalue weighted by Gasteiger charge is 2.14. The maximum Gasteiger partial charge on any atom is 0.279 e. The zero-order valence-corrected chi connectivity index (χ0v) is 13.0. The Balaban J connectivity index is 2.34. The van der Waals surface area contributed by atoms with Crippen LogP contribution < -0.4 is 10.1 Å². The number of hydrogen-bond acceptors (Lipinski definition) is 3. The van der Waals surface area contributed by atoms with E-state index in [1.54, 1.807) is 42.2 Å². The van der Waals surface area contributed by atoms with Gasteiger partial charge >= 0.3 is 0 Å². The van der Waals surface area contributed by atoms with E-state index in [4.69, 9.17) is 0 Å². The fourth-order valence-corrected chi connectivity index (χ4v) is 2.63. The van der Waals surface area contributed by atoms with Crippen LogP contribution >= 0.6 is 11.3 Å². The molecule has 2 aromatic rings. The van der Waals surface area contributed by atoms with Crippen molar-refractivity contribution >= 4 is 23.2 Å². The number of likely N-dealkylation sites (N-methyl/N-ethyl adjacent to an activating group) is 1. The molecule has 0 saturated carbocycles. The van der Waals surface area contributed by atoms with E-state index in [2.05, 4.69) is 10.3 Å². The Morgan fingerprint density at radius 2 is 1.95 bits per heavy atom. The molecule has 0 aliphatic heterocycles. The van der Waals surface area contributed by atoms with Crippen LogP contribution in [0.25, 0.3) is 0 Å². The molecule has 21 heavy (non-hydrogen) atoms. The first-order chi connectivity index (χ1) is 10.0. The van der Waals surface area contributed by atoms with E-state index in [1.165, 1.54) is 11.3 Å². The van der Waals surface area contributed by atoms with Crippen molar-refractivity contribution in [2.24, 2.45) is 4.99 Å². The highest BCUT2D eigenvalue weighted by molar-refractivity contribution is 7.07. The molecule has 2 rings (SSSR count). The molecule has 110 valence electrons. The molecule has 0 aliphatic rings. The lowest BCUT2D eigenvalue weighted by Gasteiger charge is -2.11. The lowest BCUT2D eigenvalue weighted by atomic mass is 10.1. The third-order valence-corrected chi connectivity index (χ3v) is 3.93. The Hall–Kier alpha value is -2.21. The van der Waals surface area contributed by atoms with Crippen LogP contribution in [0.5, 0.6) is 0 Å². The molecule has 1 heterocycles. The summed E-state index contributed by atoms with van der Waals surface area (Å²) in [5.41, 5.74) is 1.62. The highest BCUT2D eigenvalue weighted by Crippen LogP contribution is 2.07. The summed E-state index contributed by atoms with van der Waals surface area (Å²) < 4.78 is 1.69. The van der Waals surface area contributed by atoms with E-state index in [9.17, 15) is 9.59 Å². The number of aromatic nitrogens is 1. The average molecular weight is 303 g/mol. The molecule has 1 aromatic carbocycles. The van der Waals surface area contributed by atoms with Gasteiger partial charge in [0.05, 0.1) is 0 Å². The molecule has 2 amide bonds. The lowest BCUT2D eigenvalue weighted by Crippen LogP contribution is -2.32. The van der Waals surface area contributed by atoms with Gasteiger partial charge < -0.3 is 9.88 Å². The zero-order valence-electron chi connectivity index (χ0n) is 12.2. The van der Waals surface area contributed by atoms with E-state index in [0.717, 1.165) is 5.56 Å². The second-order valence-electron chi connectivity index (χ2n) is 4.67. The lowest BCUT2D eigenvalue weighted by molar-refractivity contribution is -0.123. The molecule has 0 aliphatic carbocycles. The number of nitrogens with zero attached hydrogens (tertiary/aromatic N) is 2. The molecule has 1 unspecified atom stereocenters. The topological polar surface area (TPSA) is 63.5 Å². The molecule has 0 spiro atoms. The average Bonchev–Trinajstić information content (AvgIpc) is 2.94. The minimum atomic E-state index is -0.411. The molecule has 1 aromatic heterocycles. The first kappa shape index (κ1) is 15.2. The quantitative estimate of drug-likeness (QED) is 0.941. The molecular weight excluding hydrogens is 286 g/mol. The molecular formula is C15H17N3O2S. The minimum absolute atomic E-state index is 0.127. The van der Waals surface area contributed by atoms with Gasteiger partial charge in [-0.05, 0) is 26.0 Å². The van der Waals surface area contributed by atoms with Crippen LogP contribution in [0, 0.1) is 6.92 Å². The van der Waals surface area contributed by atoms with Gasteiger partial charge in [-0.15, -0.1) is 11.3 Å². The predicted molar refractivity (Wildman–Crippen MR) is 82.2 cm³/mol. The van der Waals surface area contributed by atoms with Crippen molar-refractivity contribution in [3.8, 4) is 0 Å². The van der Waals surface area contributed by atoms with Crippen LogP contribution in [0.2, 0.25) is 0 Å². The first-order valence-corrected chi connectivity index (χ1v) is 7.44. The summed E-state index contributed by atoms with van der Waals surface area (Å²) in [6.45, 7) is 3.73. The Bertz CT molecular complexity index is 713. The Kier molecular flexibility index (Phi) is 4.70. The number of benzene rings is 1. The first-order valence-electron chi connectivity index (χ1n) is 6.56. The van der Waals surface area contributed by atoms with E-state index in [0.29, 0.717) is 10.4 Å². The number of carbonyl (C=O) groups excluding carboxylic acids is 2. The number of amides is 2. The van der Waals surface area contributed by atoms with Crippen molar-refractivity contribution in [2.75, 3.05) is 7.05 Å². The molecule has 0 saturated heterocycles. The maximum absolute atomic E-state index is 12.2. The fraction of sp³-hybridized carbons (Fsp3) is 0.267. The molecule has 1 atom stereocenters. The van der Waals surface area contributed by atoms with Gasteiger partial charge in [0.2, 0.25) is 5.91 Å². The van der Waals surface area contributed by atoms with E-state index in [-0.39, 0.29) is 11.8 Å². The fourth-order valence-electron chi connectivity index (χ4n) is 1.84. The molecule has 0 radical (unpaired) electrons. The van der Waals surface area contributed by atoms with E-state index < -0.39 is 6.04 Å². The van der Waals surface area contributed by atoms with Crippen LogP contribution in [0.1, 0.15) is 28.9 Å². The summed E-state index contributed by atoms with van der Waals surface area (Å²) >= 11 is 1.33. The molecule has 5 nitrogen and oxygen atoms in total. The second kappa shape index (κ2) is 6.49. The largest absolute Gasteiger partial charge is 0.357 e. The monoisotopic (exact) mass is 303 g/mol. The van der Waals surface area contributed by atoms with Gasteiger partial charge in [0.1, 0.15) is 6.04 Å². The number of hydrogen-bond donors (Lipinski definition) is 1. The van der Waals surface area contributed by atoms with Crippen molar-refractivity contribution in [1.29, 1.82) is 0 Å². The SMILES string of the molecule is CNC(=O)C(C)n1ccsc1=NC(=O)c1ccc(C)cc1. The maximum atomic E-state index is 12.2. The summed E-state index contributed by atoms with van der Waals surface area (Å²) in [7, 11) is 1.58. The molecule has 0 bridgehead atoms. The van der Waals surface area contributed by atoms with Crippen LogP contribution in [-0.2, 0) is 4.79 Å². The van der Waals surface area contributed by atoms with Gasteiger partial charge in [-0.3, -0.25) is 9.59 Å². The minimum Gasteiger partial charge on any atom is -0.357 e. The van der Waals surface area contributed by atoms with Crippen molar-refractivity contribution in [2.45, 2.75) is 19.9 Å². The number of nitrogens with one attached hydrogen (secondary N) is 1. The van der Waals surface area contributed by atoms with Crippen molar-refractivity contribution in [1.82, 2.24) is 9.88 Å². The normalized spacial score (nSPS) is 13.0. The van der Waals surface area contributed by atoms with E-state index >= 15 is 0 Å². The van der Waals surface area contributed by atoms with Gasteiger partial charge in [0.25, 0.3) is 5.91 Å². The number of thiazole rings is 1. The van der Waals surface area contributed by atoms with Gasteiger partial charge in [0.15, 0.2) is 4.80 Å². The molecule has 1 N–H and O–H groups in total. The van der Waals surface area contributed by atoms with Crippen molar-refractivity contribution in [3.63, 3.8) is 0 Å². The zero-order chi connectivity index (χ0) is 15.4. The predicted octanol–water partition coefficient (Wildman–Crippen LogP) is 1.91. The number of carbonyl (C=O) groups is 2. The van der Waals surface area contributed by atoms with Crippen LogP contribution in [0.3, 0.4) is 0 Å².